The Bertz CT molecular complexity index is 812. The first-order valence-electron chi connectivity index (χ1n) is 20.5. The zero-order valence-electron chi connectivity index (χ0n) is 31.7. The fourth-order valence-electron chi connectivity index (χ4n) is 5.79. The summed E-state index contributed by atoms with van der Waals surface area (Å²) in [6.07, 6.45) is 54.5. The molecule has 0 aromatic rings. The lowest BCUT2D eigenvalue weighted by atomic mass is 10.1. The Kier molecular flexibility index (Phi) is 38.0. The number of carbonyl (C=O) groups is 1. The van der Waals surface area contributed by atoms with E-state index in [2.05, 4.69) is 67.8 Å². The molecule has 0 fully saturated rings. The number of amides is 1. The molecule has 2 unspecified atom stereocenters. The molecule has 0 aliphatic carbocycles. The molecule has 0 aromatic carbocycles. The van der Waals surface area contributed by atoms with Crippen LogP contribution < -0.4 is 5.32 Å². The Morgan fingerprint density at radius 2 is 0.875 bits per heavy atom. The fraction of sp³-hybridized carbons (Fsp3) is 0.750. The maximum atomic E-state index is 12.3. The summed E-state index contributed by atoms with van der Waals surface area (Å²) in [6.45, 7) is 4.25. The molecule has 0 radical (unpaired) electrons. The number of aliphatic hydroxyl groups excluding tert-OH is 2. The van der Waals surface area contributed by atoms with E-state index in [0.717, 1.165) is 57.8 Å². The van der Waals surface area contributed by atoms with Crippen molar-refractivity contribution in [3.8, 4) is 0 Å². The molecular formula is C44H79NO3. The van der Waals surface area contributed by atoms with Crippen LogP contribution in [0.1, 0.15) is 194 Å². The van der Waals surface area contributed by atoms with Gasteiger partial charge < -0.3 is 15.5 Å². The van der Waals surface area contributed by atoms with Crippen molar-refractivity contribution in [2.24, 2.45) is 0 Å². The summed E-state index contributed by atoms with van der Waals surface area (Å²) in [5.41, 5.74) is 0. The van der Waals surface area contributed by atoms with Crippen LogP contribution in [0.4, 0.5) is 0 Å². The summed E-state index contributed by atoms with van der Waals surface area (Å²) >= 11 is 0. The normalized spacial score (nSPS) is 13.7. The molecule has 4 heteroatoms. The van der Waals surface area contributed by atoms with Gasteiger partial charge in [-0.3, -0.25) is 4.79 Å². The lowest BCUT2D eigenvalue weighted by Gasteiger charge is -2.19. The van der Waals surface area contributed by atoms with Gasteiger partial charge in [-0.05, 0) is 70.6 Å². The summed E-state index contributed by atoms with van der Waals surface area (Å²) in [6, 6.07) is -0.647. The number of hydrogen-bond donors (Lipinski definition) is 3. The molecule has 0 aliphatic heterocycles. The molecule has 3 N–H and O–H groups in total. The third kappa shape index (κ3) is 35.4. The van der Waals surface area contributed by atoms with Crippen LogP contribution in [0.3, 0.4) is 0 Å². The number of allylic oxidation sites excluding steroid dienone is 9. The van der Waals surface area contributed by atoms with Crippen molar-refractivity contribution in [2.75, 3.05) is 6.61 Å². The number of rotatable bonds is 36. The topological polar surface area (TPSA) is 69.6 Å². The first-order chi connectivity index (χ1) is 23.7. The van der Waals surface area contributed by atoms with E-state index >= 15 is 0 Å². The van der Waals surface area contributed by atoms with Gasteiger partial charge >= 0.3 is 0 Å². The average molecular weight is 670 g/mol. The summed E-state index contributed by atoms with van der Waals surface area (Å²) in [5.74, 6) is -0.0889. The van der Waals surface area contributed by atoms with Crippen LogP contribution in [-0.4, -0.2) is 34.9 Å². The van der Waals surface area contributed by atoms with Crippen LogP contribution in [-0.2, 0) is 4.79 Å². The van der Waals surface area contributed by atoms with Crippen LogP contribution >= 0.6 is 0 Å². The van der Waals surface area contributed by atoms with Crippen LogP contribution in [0.2, 0.25) is 0 Å². The molecule has 278 valence electrons. The van der Waals surface area contributed by atoms with Crippen LogP contribution in [0.5, 0.6) is 0 Å². The molecule has 0 aliphatic rings. The van der Waals surface area contributed by atoms with E-state index in [1.54, 1.807) is 6.08 Å². The third-order valence-corrected chi connectivity index (χ3v) is 8.97. The number of carbonyl (C=O) groups excluding carboxylic acids is 1. The van der Waals surface area contributed by atoms with E-state index in [4.69, 9.17) is 0 Å². The van der Waals surface area contributed by atoms with Crippen molar-refractivity contribution in [3.05, 3.63) is 60.8 Å². The first-order valence-corrected chi connectivity index (χ1v) is 20.5. The van der Waals surface area contributed by atoms with Gasteiger partial charge in [-0.1, -0.05) is 177 Å². The monoisotopic (exact) mass is 670 g/mol. The van der Waals surface area contributed by atoms with Crippen LogP contribution in [0, 0.1) is 0 Å². The molecule has 1 amide bonds. The number of aliphatic hydroxyl groups is 2. The molecule has 0 rings (SSSR count). The minimum Gasteiger partial charge on any atom is -0.394 e. The lowest BCUT2D eigenvalue weighted by molar-refractivity contribution is -0.123. The van der Waals surface area contributed by atoms with E-state index in [1.807, 2.05) is 6.08 Å². The number of hydrogen-bond acceptors (Lipinski definition) is 3. The van der Waals surface area contributed by atoms with E-state index in [9.17, 15) is 15.0 Å². The summed E-state index contributed by atoms with van der Waals surface area (Å²) < 4.78 is 0. The summed E-state index contributed by atoms with van der Waals surface area (Å²) in [4.78, 5) is 12.3. The minimum atomic E-state index is -0.869. The minimum absolute atomic E-state index is 0.0889. The van der Waals surface area contributed by atoms with Gasteiger partial charge in [-0.25, -0.2) is 0 Å². The van der Waals surface area contributed by atoms with Gasteiger partial charge in [-0.15, -0.1) is 0 Å². The first kappa shape index (κ1) is 46.1. The molecule has 2 atom stereocenters. The van der Waals surface area contributed by atoms with Crippen molar-refractivity contribution < 1.29 is 15.0 Å². The Morgan fingerprint density at radius 1 is 0.500 bits per heavy atom. The van der Waals surface area contributed by atoms with Crippen LogP contribution in [0.25, 0.3) is 0 Å². The van der Waals surface area contributed by atoms with Gasteiger partial charge in [0.1, 0.15) is 0 Å². The molecule has 0 bridgehead atoms. The van der Waals surface area contributed by atoms with Crippen molar-refractivity contribution >= 4 is 5.91 Å². The standard InChI is InChI=1S/C44H79NO3/c1-3-5-7-9-11-13-15-17-19-21-22-24-26-28-30-32-34-36-38-40-44(48)45-42(41-46)43(47)39-37-35-33-31-29-27-25-23-20-18-16-14-12-10-8-6-4-2/h11,13,17,19,22,24,29,31,37,39,42-43,46-47H,3-10,12,14-16,18,20-21,23,25-28,30,32-36,38,40-41H2,1-2H3,(H,45,48)/b13-11-,19-17-,24-22-,31-29+,39-37+. The Morgan fingerprint density at radius 3 is 1.40 bits per heavy atom. The zero-order valence-corrected chi connectivity index (χ0v) is 31.7. The van der Waals surface area contributed by atoms with E-state index in [1.165, 1.54) is 116 Å². The highest BCUT2D eigenvalue weighted by Gasteiger charge is 2.17. The molecule has 0 saturated carbocycles. The largest absolute Gasteiger partial charge is 0.394 e. The van der Waals surface area contributed by atoms with Gasteiger partial charge in [0.15, 0.2) is 0 Å². The van der Waals surface area contributed by atoms with Crippen molar-refractivity contribution in [3.63, 3.8) is 0 Å². The van der Waals surface area contributed by atoms with Crippen molar-refractivity contribution in [2.45, 2.75) is 206 Å². The average Bonchev–Trinajstić information content (AvgIpc) is 3.09. The fourth-order valence-corrected chi connectivity index (χ4v) is 5.79. The second-order valence-electron chi connectivity index (χ2n) is 13.7. The smallest absolute Gasteiger partial charge is 0.220 e. The van der Waals surface area contributed by atoms with Crippen molar-refractivity contribution in [1.82, 2.24) is 5.32 Å². The SMILES string of the molecule is CCCCC/C=C\C/C=C\C/C=C\CCCCCCCCC(=O)NC(CO)C(O)/C=C/CC/C=C/CCCCCCCCCCCCC. The van der Waals surface area contributed by atoms with Gasteiger partial charge in [0.2, 0.25) is 5.91 Å². The molecule has 0 aromatic heterocycles. The molecule has 0 heterocycles. The Labute approximate surface area is 298 Å². The Hall–Kier alpha value is -1.91. The van der Waals surface area contributed by atoms with E-state index in [0.29, 0.717) is 6.42 Å². The maximum Gasteiger partial charge on any atom is 0.220 e. The third-order valence-electron chi connectivity index (χ3n) is 8.97. The van der Waals surface area contributed by atoms with Crippen molar-refractivity contribution in [1.29, 1.82) is 0 Å². The zero-order chi connectivity index (χ0) is 35.0. The summed E-state index contributed by atoms with van der Waals surface area (Å²) in [7, 11) is 0. The van der Waals surface area contributed by atoms with Gasteiger partial charge in [0.25, 0.3) is 0 Å². The highest BCUT2D eigenvalue weighted by Crippen LogP contribution is 2.13. The second-order valence-corrected chi connectivity index (χ2v) is 13.7. The molecule has 48 heavy (non-hydrogen) atoms. The molecule has 0 saturated heterocycles. The highest BCUT2D eigenvalue weighted by molar-refractivity contribution is 5.76. The van der Waals surface area contributed by atoms with Gasteiger partial charge in [0.05, 0.1) is 18.8 Å². The molecule has 0 spiro atoms. The van der Waals surface area contributed by atoms with Crippen LogP contribution in [0.15, 0.2) is 60.8 Å². The quantitative estimate of drug-likeness (QED) is 0.0459. The van der Waals surface area contributed by atoms with Gasteiger partial charge in [-0.2, -0.15) is 0 Å². The predicted molar refractivity (Wildman–Crippen MR) is 211 cm³/mol. The number of nitrogens with one attached hydrogen (secondary N) is 1. The summed E-state index contributed by atoms with van der Waals surface area (Å²) in [5, 5.41) is 22.9. The van der Waals surface area contributed by atoms with Gasteiger partial charge in [0, 0.05) is 6.42 Å². The highest BCUT2D eigenvalue weighted by atomic mass is 16.3. The Balaban J connectivity index is 3.69. The molecular weight excluding hydrogens is 590 g/mol. The lowest BCUT2D eigenvalue weighted by Crippen LogP contribution is -2.45. The molecule has 4 nitrogen and oxygen atoms in total. The number of unbranched alkanes of at least 4 members (excludes halogenated alkanes) is 21. The van der Waals surface area contributed by atoms with E-state index in [-0.39, 0.29) is 12.5 Å². The van der Waals surface area contributed by atoms with E-state index < -0.39 is 12.1 Å². The maximum absolute atomic E-state index is 12.3. The second kappa shape index (κ2) is 39.5. The predicted octanol–water partition coefficient (Wildman–Crippen LogP) is 12.6.